The Hall–Kier alpha value is -4.06. The number of aromatic nitrogens is 2. The van der Waals surface area contributed by atoms with Crippen molar-refractivity contribution in [3.63, 3.8) is 0 Å². The molecule has 0 saturated carbocycles. The molecule has 2 N–H and O–H groups in total. The molecule has 0 radical (unpaired) electrons. The highest BCUT2D eigenvalue weighted by Crippen LogP contribution is 2.39. The van der Waals surface area contributed by atoms with Gasteiger partial charge in [-0.25, -0.2) is 4.68 Å². The van der Waals surface area contributed by atoms with Gasteiger partial charge >= 0.3 is 5.97 Å². The maximum Gasteiger partial charge on any atom is 0.308 e. The van der Waals surface area contributed by atoms with E-state index in [4.69, 9.17) is 9.47 Å². The van der Waals surface area contributed by atoms with Crippen LogP contribution in [0.1, 0.15) is 57.9 Å². The van der Waals surface area contributed by atoms with E-state index < -0.39 is 29.3 Å². The molecule has 0 aliphatic heterocycles. The number of phenols is 1. The zero-order valence-corrected chi connectivity index (χ0v) is 21.9. The summed E-state index contributed by atoms with van der Waals surface area (Å²) < 4.78 is 25.7. The molecule has 0 spiro atoms. The van der Waals surface area contributed by atoms with E-state index in [1.54, 1.807) is 32.9 Å². The maximum atomic E-state index is 13.5. The summed E-state index contributed by atoms with van der Waals surface area (Å²) >= 11 is 0. The number of esters is 1. The van der Waals surface area contributed by atoms with Gasteiger partial charge in [-0.3, -0.25) is 9.59 Å². The summed E-state index contributed by atoms with van der Waals surface area (Å²) in [4.78, 5) is 25.8. The molecule has 0 saturated heterocycles. The van der Waals surface area contributed by atoms with Crippen LogP contribution in [0, 0.1) is 5.92 Å². The van der Waals surface area contributed by atoms with Crippen LogP contribution in [0.25, 0.3) is 17.0 Å². The lowest BCUT2D eigenvalue weighted by molar-refractivity contribution is -0.155. The maximum absolute atomic E-state index is 13.5. The molecular weight excluding hydrogens is 477 g/mol. The average Bonchev–Trinajstić information content (AvgIpc) is 3.22. The van der Waals surface area contributed by atoms with Gasteiger partial charge in [0.1, 0.15) is 22.8 Å². The average molecular weight is 510 g/mol. The van der Waals surface area contributed by atoms with Crippen molar-refractivity contribution in [3.8, 4) is 22.8 Å². The van der Waals surface area contributed by atoms with E-state index in [2.05, 4.69) is 21.9 Å². The van der Waals surface area contributed by atoms with Crippen LogP contribution in [0.5, 0.6) is 11.5 Å². The topological polar surface area (TPSA) is 103 Å². The third kappa shape index (κ3) is 7.23. The minimum Gasteiger partial charge on any atom is -0.507 e. The fourth-order valence-electron chi connectivity index (χ4n) is 3.89. The number of ether oxygens (including phenoxy) is 2. The van der Waals surface area contributed by atoms with Gasteiger partial charge in [0.25, 0.3) is 5.91 Å². The molecule has 2 aromatic rings. The van der Waals surface area contributed by atoms with Crippen molar-refractivity contribution in [2.45, 2.75) is 59.1 Å². The van der Waals surface area contributed by atoms with Gasteiger partial charge in [0.05, 0.1) is 24.8 Å². The van der Waals surface area contributed by atoms with E-state index in [0.29, 0.717) is 29.1 Å². The first-order chi connectivity index (χ1) is 17.4. The monoisotopic (exact) mass is 509 g/mol. The number of carbonyl (C=O) groups is 2. The van der Waals surface area contributed by atoms with Crippen molar-refractivity contribution in [2.24, 2.45) is 5.92 Å². The minimum atomic E-state index is -0.642. The van der Waals surface area contributed by atoms with Crippen molar-refractivity contribution < 1.29 is 28.6 Å². The number of carbonyl (C=O) groups excluding carboxylic acids is 2. The Morgan fingerprint density at radius 1 is 1.22 bits per heavy atom. The molecule has 8 nitrogen and oxygen atoms in total. The van der Waals surface area contributed by atoms with E-state index in [0.717, 1.165) is 0 Å². The number of methoxy groups -OCH3 is 1. The number of nitrogens with one attached hydrogen (secondary N) is 1. The van der Waals surface area contributed by atoms with Gasteiger partial charge in [-0.15, -0.1) is 0 Å². The lowest BCUT2D eigenvalue weighted by Crippen LogP contribution is -2.39. The van der Waals surface area contributed by atoms with Gasteiger partial charge < -0.3 is 19.9 Å². The molecule has 1 heterocycles. The lowest BCUT2D eigenvalue weighted by atomic mass is 10.0. The summed E-state index contributed by atoms with van der Waals surface area (Å²) in [6.07, 6.45) is 3.18. The molecule has 1 amide bonds. The smallest absolute Gasteiger partial charge is 0.308 e. The summed E-state index contributed by atoms with van der Waals surface area (Å²) in [6, 6.07) is 5.77. The molecule has 3 rings (SSSR count). The van der Waals surface area contributed by atoms with Crippen LogP contribution in [-0.4, -0.2) is 45.5 Å². The van der Waals surface area contributed by atoms with Crippen molar-refractivity contribution >= 4 is 17.6 Å². The Kier molecular flexibility index (Phi) is 8.43. The fourth-order valence-corrected chi connectivity index (χ4v) is 3.89. The normalized spacial score (nSPS) is 13.7. The van der Waals surface area contributed by atoms with Crippen LogP contribution in [0.2, 0.25) is 0 Å². The van der Waals surface area contributed by atoms with Crippen LogP contribution in [0.4, 0.5) is 4.39 Å². The number of hydrogen-bond acceptors (Lipinski definition) is 6. The Balaban J connectivity index is 2.01. The Bertz CT molecular complexity index is 1320. The van der Waals surface area contributed by atoms with Crippen molar-refractivity contribution in [2.75, 3.05) is 7.11 Å². The lowest BCUT2D eigenvalue weighted by Gasteiger charge is -2.23. The molecule has 196 valence electrons. The summed E-state index contributed by atoms with van der Waals surface area (Å²) in [5, 5.41) is 17.9. The van der Waals surface area contributed by atoms with Gasteiger partial charge in [0.15, 0.2) is 11.5 Å². The number of rotatable bonds is 9. The minimum absolute atomic E-state index is 0.00273. The van der Waals surface area contributed by atoms with Crippen molar-refractivity contribution in [3.05, 3.63) is 59.4 Å². The second kappa shape index (κ2) is 11.3. The van der Waals surface area contributed by atoms with Gasteiger partial charge in [0, 0.05) is 6.04 Å². The predicted octanol–water partition coefficient (Wildman–Crippen LogP) is 5.16. The van der Waals surface area contributed by atoms with E-state index in [-0.39, 0.29) is 23.8 Å². The Morgan fingerprint density at radius 3 is 2.54 bits per heavy atom. The van der Waals surface area contributed by atoms with E-state index >= 15 is 0 Å². The first kappa shape index (κ1) is 27.5. The first-order valence-corrected chi connectivity index (χ1v) is 12.0. The van der Waals surface area contributed by atoms with Crippen molar-refractivity contribution in [1.29, 1.82) is 0 Å². The van der Waals surface area contributed by atoms with Gasteiger partial charge in [-0.05, 0) is 74.9 Å². The number of aromatic hydroxyl groups is 1. The molecule has 1 aliphatic carbocycles. The molecule has 0 fully saturated rings. The highest BCUT2D eigenvalue weighted by atomic mass is 19.1. The second-order valence-electron chi connectivity index (χ2n) is 10.1. The number of halogens is 1. The second-order valence-corrected chi connectivity index (χ2v) is 10.1. The van der Waals surface area contributed by atoms with Crippen LogP contribution in [0.3, 0.4) is 0 Å². The number of allylic oxidation sites excluding steroid dienone is 4. The molecule has 1 aliphatic rings. The summed E-state index contributed by atoms with van der Waals surface area (Å²) in [5.74, 6) is -1.08. The third-order valence-electron chi connectivity index (χ3n) is 5.27. The van der Waals surface area contributed by atoms with E-state index in [1.165, 1.54) is 36.1 Å². The molecule has 9 heteroatoms. The number of benzene rings is 1. The fraction of sp³-hybridized carbons (Fsp3) is 0.393. The Morgan fingerprint density at radius 2 is 1.95 bits per heavy atom. The largest absolute Gasteiger partial charge is 0.507 e. The molecular formula is C28H32FN3O5. The van der Waals surface area contributed by atoms with Crippen LogP contribution >= 0.6 is 0 Å². The molecule has 0 bridgehead atoms. The molecule has 37 heavy (non-hydrogen) atoms. The highest BCUT2D eigenvalue weighted by Gasteiger charge is 2.26. The standard InChI is InChI=1S/C28H32FN3O5/c1-17(2)14-19(15-25(34)37-28(3,4)5)30-27(35)21-16-22(26-23(33)8-7-9-24(26)36-6)32(31-21)20-12-10-18(29)11-13-20/h7-10,12,16-17,19,33H,14-15H2,1-6H3,(H,30,35)/t19-/m0/s1. The third-order valence-corrected chi connectivity index (χ3v) is 5.27. The SMILES string of the molecule is COc1cccc(O)c1-c1cc(C(=O)N[C@H](CC(=O)OC(C)(C)C)CC(C)C)nn1C1=C=C=C(F)C=C1. The number of hydrogen-bond donors (Lipinski definition) is 2. The zero-order valence-electron chi connectivity index (χ0n) is 21.9. The van der Waals surface area contributed by atoms with Gasteiger partial charge in [-0.1, -0.05) is 19.9 Å². The first-order valence-electron chi connectivity index (χ1n) is 12.0. The van der Waals surface area contributed by atoms with Gasteiger partial charge in [-0.2, -0.15) is 9.49 Å². The molecule has 1 aromatic heterocycles. The summed E-state index contributed by atoms with van der Waals surface area (Å²) in [7, 11) is 1.46. The molecule has 0 unspecified atom stereocenters. The van der Waals surface area contributed by atoms with E-state index in [9.17, 15) is 19.1 Å². The van der Waals surface area contributed by atoms with Crippen molar-refractivity contribution in [1.82, 2.24) is 15.1 Å². The quantitative estimate of drug-likeness (QED) is 0.358. The zero-order chi connectivity index (χ0) is 27.3. The number of nitrogens with zero attached hydrogens (tertiary/aromatic N) is 2. The molecule has 1 atom stereocenters. The van der Waals surface area contributed by atoms with Crippen LogP contribution < -0.4 is 10.1 Å². The highest BCUT2D eigenvalue weighted by molar-refractivity contribution is 5.95. The van der Waals surface area contributed by atoms with E-state index in [1.807, 2.05) is 13.8 Å². The number of amides is 1. The Labute approximate surface area is 215 Å². The van der Waals surface area contributed by atoms with Crippen LogP contribution in [0.15, 0.2) is 53.7 Å². The van der Waals surface area contributed by atoms with Crippen LogP contribution in [-0.2, 0) is 9.53 Å². The molecule has 1 aromatic carbocycles. The number of phenolic OH excluding ortho intramolecular Hbond substituents is 1. The summed E-state index contributed by atoms with van der Waals surface area (Å²) in [5.41, 5.74) is 5.32. The summed E-state index contributed by atoms with van der Waals surface area (Å²) in [6.45, 7) is 9.34. The van der Waals surface area contributed by atoms with Gasteiger partial charge in [0.2, 0.25) is 0 Å². The predicted molar refractivity (Wildman–Crippen MR) is 138 cm³/mol.